The first kappa shape index (κ1) is 11.9. The van der Waals surface area contributed by atoms with E-state index in [0.717, 1.165) is 4.70 Å². The quantitative estimate of drug-likeness (QED) is 0.917. The molecule has 0 aliphatic carbocycles. The Labute approximate surface area is 108 Å². The predicted octanol–water partition coefficient (Wildman–Crippen LogP) is 2.03. The standard InChI is InChI=1S/C11H11FN2O2S2/c12-7-1-2-10-9(5-7)14-11(17-10)13-8-3-4-18(15,16)6-8/h1-2,5,8H,3-4,6H2,(H,13,14). The maximum absolute atomic E-state index is 13.0. The molecule has 3 rings (SSSR count). The van der Waals surface area contributed by atoms with Crippen LogP contribution in [0.3, 0.4) is 0 Å². The van der Waals surface area contributed by atoms with Crippen LogP contribution in [0.15, 0.2) is 18.2 Å². The first-order valence-electron chi connectivity index (χ1n) is 5.55. The van der Waals surface area contributed by atoms with Gasteiger partial charge in [0.05, 0.1) is 21.7 Å². The second kappa shape index (κ2) is 4.17. The molecule has 0 amide bonds. The van der Waals surface area contributed by atoms with Crippen molar-refractivity contribution in [1.29, 1.82) is 0 Å². The van der Waals surface area contributed by atoms with E-state index in [-0.39, 0.29) is 23.4 Å². The second-order valence-electron chi connectivity index (χ2n) is 4.38. The number of hydrogen-bond acceptors (Lipinski definition) is 5. The maximum Gasteiger partial charge on any atom is 0.184 e. The molecule has 1 fully saturated rings. The highest BCUT2D eigenvalue weighted by Gasteiger charge is 2.28. The molecule has 4 nitrogen and oxygen atoms in total. The Bertz CT molecular complexity index is 696. The number of aromatic nitrogens is 1. The minimum atomic E-state index is -2.90. The van der Waals surface area contributed by atoms with Crippen LogP contribution in [0.4, 0.5) is 9.52 Å². The Hall–Kier alpha value is -1.21. The van der Waals surface area contributed by atoms with Crippen LogP contribution in [0.2, 0.25) is 0 Å². The number of benzene rings is 1. The molecule has 0 bridgehead atoms. The van der Waals surface area contributed by atoms with Crippen LogP contribution in [-0.4, -0.2) is 30.9 Å². The summed E-state index contributed by atoms with van der Waals surface area (Å²) in [6, 6.07) is 4.37. The van der Waals surface area contributed by atoms with Crippen LogP contribution in [0.25, 0.3) is 10.2 Å². The van der Waals surface area contributed by atoms with Gasteiger partial charge in [0, 0.05) is 12.1 Å². The minimum Gasteiger partial charge on any atom is -0.358 e. The fourth-order valence-electron chi connectivity index (χ4n) is 2.05. The largest absolute Gasteiger partial charge is 0.358 e. The molecule has 1 unspecified atom stereocenters. The van der Waals surface area contributed by atoms with E-state index in [0.29, 0.717) is 17.1 Å². The van der Waals surface area contributed by atoms with E-state index in [1.54, 1.807) is 6.07 Å². The maximum atomic E-state index is 13.0. The van der Waals surface area contributed by atoms with Crippen molar-refractivity contribution in [3.8, 4) is 0 Å². The zero-order valence-electron chi connectivity index (χ0n) is 9.39. The molecule has 1 aromatic heterocycles. The number of fused-ring (bicyclic) bond motifs is 1. The fraction of sp³-hybridized carbons (Fsp3) is 0.364. The number of thiazole rings is 1. The molecule has 7 heteroatoms. The number of halogens is 1. The van der Waals surface area contributed by atoms with Crippen molar-refractivity contribution in [2.45, 2.75) is 12.5 Å². The number of nitrogens with one attached hydrogen (secondary N) is 1. The smallest absolute Gasteiger partial charge is 0.184 e. The normalized spacial score (nSPS) is 22.4. The molecule has 1 N–H and O–H groups in total. The number of sulfone groups is 1. The molecule has 1 atom stereocenters. The van der Waals surface area contributed by atoms with Crippen LogP contribution >= 0.6 is 11.3 Å². The Balaban J connectivity index is 1.83. The average molecular weight is 286 g/mol. The molecule has 0 radical (unpaired) electrons. The third kappa shape index (κ3) is 2.32. The van der Waals surface area contributed by atoms with E-state index in [2.05, 4.69) is 10.3 Å². The van der Waals surface area contributed by atoms with Crippen LogP contribution in [-0.2, 0) is 9.84 Å². The number of anilines is 1. The van der Waals surface area contributed by atoms with E-state index < -0.39 is 9.84 Å². The molecule has 2 aromatic rings. The highest BCUT2D eigenvalue weighted by molar-refractivity contribution is 7.91. The van der Waals surface area contributed by atoms with Gasteiger partial charge in [-0.2, -0.15) is 0 Å². The summed E-state index contributed by atoms with van der Waals surface area (Å²) in [7, 11) is -2.90. The lowest BCUT2D eigenvalue weighted by Gasteiger charge is -2.07. The monoisotopic (exact) mass is 286 g/mol. The van der Waals surface area contributed by atoms with Crippen molar-refractivity contribution < 1.29 is 12.8 Å². The zero-order chi connectivity index (χ0) is 12.8. The number of hydrogen-bond donors (Lipinski definition) is 1. The van der Waals surface area contributed by atoms with Gasteiger partial charge >= 0.3 is 0 Å². The molecule has 1 saturated heterocycles. The molecule has 96 valence electrons. The molecule has 1 aliphatic rings. The molecular formula is C11H11FN2O2S2. The number of rotatable bonds is 2. The van der Waals surface area contributed by atoms with Crippen molar-refractivity contribution in [1.82, 2.24) is 4.98 Å². The van der Waals surface area contributed by atoms with Crippen LogP contribution in [0.1, 0.15) is 6.42 Å². The average Bonchev–Trinajstić information content (AvgIpc) is 2.81. The summed E-state index contributed by atoms with van der Waals surface area (Å²) in [6.45, 7) is 0. The first-order valence-corrected chi connectivity index (χ1v) is 8.19. The van der Waals surface area contributed by atoms with Crippen molar-refractivity contribution in [2.24, 2.45) is 0 Å². The van der Waals surface area contributed by atoms with Gasteiger partial charge in [-0.05, 0) is 18.6 Å². The SMILES string of the molecule is O=S1(=O)CCC(Nc2nc3cc(F)ccc3s2)C1. The molecule has 18 heavy (non-hydrogen) atoms. The molecular weight excluding hydrogens is 275 g/mol. The van der Waals surface area contributed by atoms with Crippen LogP contribution in [0.5, 0.6) is 0 Å². The van der Waals surface area contributed by atoms with Crippen molar-refractivity contribution >= 4 is 36.5 Å². The van der Waals surface area contributed by atoms with Gasteiger partial charge in [0.2, 0.25) is 0 Å². The van der Waals surface area contributed by atoms with E-state index >= 15 is 0 Å². The summed E-state index contributed by atoms with van der Waals surface area (Å²) in [5, 5.41) is 3.76. The van der Waals surface area contributed by atoms with Gasteiger partial charge in [-0.15, -0.1) is 0 Å². The van der Waals surface area contributed by atoms with E-state index in [9.17, 15) is 12.8 Å². The lowest BCUT2D eigenvalue weighted by atomic mass is 10.3. The van der Waals surface area contributed by atoms with Gasteiger partial charge in [-0.3, -0.25) is 0 Å². The summed E-state index contributed by atoms with van der Waals surface area (Å²) < 4.78 is 36.6. The van der Waals surface area contributed by atoms with Crippen molar-refractivity contribution in [2.75, 3.05) is 16.8 Å². The Kier molecular flexibility index (Phi) is 2.74. The highest BCUT2D eigenvalue weighted by Crippen LogP contribution is 2.28. The summed E-state index contributed by atoms with van der Waals surface area (Å²) in [5.41, 5.74) is 0.600. The molecule has 2 heterocycles. The van der Waals surface area contributed by atoms with Gasteiger partial charge in [0.25, 0.3) is 0 Å². The second-order valence-corrected chi connectivity index (χ2v) is 7.63. The Morgan fingerprint density at radius 1 is 1.44 bits per heavy atom. The van der Waals surface area contributed by atoms with Crippen molar-refractivity contribution in [3.63, 3.8) is 0 Å². The predicted molar refractivity (Wildman–Crippen MR) is 70.3 cm³/mol. The Morgan fingerprint density at radius 2 is 2.28 bits per heavy atom. The van der Waals surface area contributed by atoms with Gasteiger partial charge in [0.1, 0.15) is 5.82 Å². The van der Waals surface area contributed by atoms with Crippen LogP contribution in [0, 0.1) is 5.82 Å². The van der Waals surface area contributed by atoms with E-state index in [1.165, 1.54) is 23.5 Å². The molecule has 1 aliphatic heterocycles. The Morgan fingerprint density at radius 3 is 3.00 bits per heavy atom. The topological polar surface area (TPSA) is 59.1 Å². The summed E-state index contributed by atoms with van der Waals surface area (Å²) in [6.07, 6.45) is 0.604. The fourth-order valence-corrected chi connectivity index (χ4v) is 4.64. The lowest BCUT2D eigenvalue weighted by Crippen LogP contribution is -2.20. The highest BCUT2D eigenvalue weighted by atomic mass is 32.2. The first-order chi connectivity index (χ1) is 8.52. The van der Waals surface area contributed by atoms with Gasteiger partial charge in [-0.1, -0.05) is 11.3 Å². The van der Waals surface area contributed by atoms with Crippen LogP contribution < -0.4 is 5.32 Å². The van der Waals surface area contributed by atoms with Gasteiger partial charge in [0.15, 0.2) is 15.0 Å². The van der Waals surface area contributed by atoms with E-state index in [1.807, 2.05) is 0 Å². The summed E-state index contributed by atoms with van der Waals surface area (Å²) >= 11 is 1.41. The third-order valence-corrected chi connectivity index (χ3v) is 5.65. The third-order valence-electron chi connectivity index (χ3n) is 2.91. The molecule has 0 saturated carbocycles. The van der Waals surface area contributed by atoms with Gasteiger partial charge in [-0.25, -0.2) is 17.8 Å². The molecule has 1 aromatic carbocycles. The molecule has 0 spiro atoms. The minimum absolute atomic E-state index is 0.0830. The summed E-state index contributed by atoms with van der Waals surface area (Å²) in [4.78, 5) is 4.26. The van der Waals surface area contributed by atoms with E-state index in [4.69, 9.17) is 0 Å². The lowest BCUT2D eigenvalue weighted by molar-refractivity contribution is 0.602. The van der Waals surface area contributed by atoms with Gasteiger partial charge < -0.3 is 5.32 Å². The summed E-state index contributed by atoms with van der Waals surface area (Å²) in [5.74, 6) is 0.0596. The zero-order valence-corrected chi connectivity index (χ0v) is 11.0. The van der Waals surface area contributed by atoms with Crippen molar-refractivity contribution in [3.05, 3.63) is 24.0 Å². The number of nitrogens with zero attached hydrogens (tertiary/aromatic N) is 1.